The fourth-order valence-electron chi connectivity index (χ4n) is 8.71. The number of rotatable bonds is 1. The SMILES string of the molecule is N[C@H]1CSCC(=O)N2C[C@@]34CN5C[C@@]3(CN(C4)C(=O)CSC[C@H](NC(=O)CNC(=O)CNC(=O)CNC(=O)CNC(=O)CNC1=O)C(=O)NCC(=O)NCC(=O)NCC(=O)NCC(=O)NCC(=O)N[C@H](C(=O)O)CSCC5=O)C2. The number of nitrogens with zero attached hydrogens (tertiary/aromatic N) is 3. The number of fused-ring (bicyclic) bond motifs is 42. The molecule has 0 radical (unpaired) electrons. The first-order valence-electron chi connectivity index (χ1n) is 24.3. The minimum atomic E-state index is -1.49. The van der Waals surface area contributed by atoms with E-state index < -0.39 is 183 Å². The standard InChI is InChI=1S/C43H62N16O17S3/c44-23-11-77-14-36(70)57-17-42-19-58-20-43(42,18-57)22-59(21-42)38(72)16-79-13-25(41(75)76)56-35(69)10-52-31(65)6-48-27(61)2-46-29(63)4-50-33(67)8-54-40(74)24(12-78-15-37(58)71)55-34(68)9-51-30(64)5-47-26(60)1-45-28(62)3-49-32(66)7-53-39(23)73/h23-25H,1-22,44H2,(H,45,62)(H,46,63)(H,47,60)(H,48,61)(H,49,66)(H,50,67)(H,51,64)(H,52,65)(H,53,73)(H,54,74)(H,55,68)(H,56,69)(H,75,76)/t23-,24-,25-,42-,43+/m0/s1. The molecule has 7 aliphatic rings. The number of aliphatic carboxylic acids is 1. The summed E-state index contributed by atoms with van der Waals surface area (Å²) in [5.74, 6) is -13.9. The van der Waals surface area contributed by atoms with E-state index in [0.29, 0.717) is 0 Å². The monoisotopic (exact) mass is 1170 g/mol. The minimum absolute atomic E-state index is 0.0409. The summed E-state index contributed by atoms with van der Waals surface area (Å²) < 4.78 is 0. The average molecular weight is 1170 g/mol. The highest BCUT2D eigenvalue weighted by molar-refractivity contribution is 8.00. The Kier molecular flexibility index (Phi) is 23.3. The van der Waals surface area contributed by atoms with Gasteiger partial charge in [0.1, 0.15) is 12.1 Å². The highest BCUT2D eigenvalue weighted by atomic mass is 32.2. The van der Waals surface area contributed by atoms with Crippen LogP contribution in [0, 0.1) is 10.8 Å². The van der Waals surface area contributed by atoms with E-state index in [0.717, 1.165) is 35.3 Å². The Balaban J connectivity index is 1.35. The topological polar surface area (TPSA) is 473 Å². The highest BCUT2D eigenvalue weighted by Crippen LogP contribution is 2.57. The zero-order chi connectivity index (χ0) is 57.9. The van der Waals surface area contributed by atoms with Gasteiger partial charge in [-0.3, -0.25) is 71.9 Å². The first-order valence-corrected chi connectivity index (χ1v) is 27.8. The van der Waals surface area contributed by atoms with Gasteiger partial charge in [-0.05, 0) is 0 Å². The third kappa shape index (κ3) is 19.1. The van der Waals surface area contributed by atoms with Crippen LogP contribution >= 0.6 is 35.3 Å². The molecule has 7 saturated heterocycles. The maximum atomic E-state index is 14.0. The molecule has 7 rings (SSSR count). The Labute approximate surface area is 462 Å². The Morgan fingerprint density at radius 1 is 0.392 bits per heavy atom. The zero-order valence-corrected chi connectivity index (χ0v) is 44.9. The van der Waals surface area contributed by atoms with Crippen molar-refractivity contribution >= 4 is 130 Å². The van der Waals surface area contributed by atoms with Gasteiger partial charge in [0.2, 0.25) is 88.6 Å². The van der Waals surface area contributed by atoms with Crippen LogP contribution in [0.1, 0.15) is 0 Å². The summed E-state index contributed by atoms with van der Waals surface area (Å²) in [7, 11) is 0. The number of hydrogen-bond donors (Lipinski definition) is 14. The van der Waals surface area contributed by atoms with Crippen LogP contribution in [0.4, 0.5) is 0 Å². The Hall–Kier alpha value is -7.47. The van der Waals surface area contributed by atoms with Crippen molar-refractivity contribution in [1.82, 2.24) is 78.5 Å². The van der Waals surface area contributed by atoms with Gasteiger partial charge in [-0.1, -0.05) is 0 Å². The summed E-state index contributed by atoms with van der Waals surface area (Å²) >= 11 is 2.91. The molecule has 7 heterocycles. The third-order valence-corrected chi connectivity index (χ3v) is 15.8. The summed E-state index contributed by atoms with van der Waals surface area (Å²) in [6.45, 7) is -5.98. The van der Waals surface area contributed by atoms with Crippen LogP contribution in [-0.2, 0) is 76.7 Å². The maximum Gasteiger partial charge on any atom is 0.327 e. The van der Waals surface area contributed by atoms with Crippen LogP contribution in [-0.4, -0.2) is 272 Å². The predicted octanol–water partition coefficient (Wildman–Crippen LogP) is -11.7. The maximum absolute atomic E-state index is 14.0. The van der Waals surface area contributed by atoms with E-state index in [-0.39, 0.29) is 79.7 Å². The Bertz CT molecular complexity index is 2430. The van der Waals surface area contributed by atoms with E-state index in [1.807, 2.05) is 0 Å². The van der Waals surface area contributed by atoms with Crippen LogP contribution in [0.25, 0.3) is 0 Å². The van der Waals surface area contributed by atoms with Crippen LogP contribution in [0.2, 0.25) is 0 Å². The molecule has 434 valence electrons. The van der Waals surface area contributed by atoms with Crippen molar-refractivity contribution < 1.29 is 81.8 Å². The molecule has 5 atom stereocenters. The highest BCUT2D eigenvalue weighted by Gasteiger charge is 2.69. The molecule has 0 aromatic rings. The van der Waals surface area contributed by atoms with E-state index in [1.54, 1.807) is 14.7 Å². The van der Waals surface area contributed by atoms with Crippen LogP contribution < -0.4 is 69.5 Å². The summed E-state index contributed by atoms with van der Waals surface area (Å²) in [4.78, 5) is 209. The van der Waals surface area contributed by atoms with Crippen molar-refractivity contribution in [1.29, 1.82) is 0 Å². The van der Waals surface area contributed by atoms with Crippen molar-refractivity contribution in [2.45, 2.75) is 18.1 Å². The lowest BCUT2D eigenvalue weighted by Gasteiger charge is -2.31. The number of thioether (sulfide) groups is 3. The molecule has 0 unspecified atom stereocenters. The van der Waals surface area contributed by atoms with Gasteiger partial charge in [0, 0.05) is 67.4 Å². The number of amides is 15. The lowest BCUT2D eigenvalue weighted by atomic mass is 9.71. The number of carboxylic acid groups (broad SMARTS) is 1. The molecule has 7 fully saturated rings. The molecule has 15 amide bonds. The molecule has 15 N–H and O–H groups in total. The van der Waals surface area contributed by atoms with Crippen molar-refractivity contribution in [2.75, 3.05) is 139 Å². The van der Waals surface area contributed by atoms with Gasteiger partial charge in [-0.2, -0.15) is 0 Å². The van der Waals surface area contributed by atoms with E-state index >= 15 is 0 Å². The molecule has 0 aromatic carbocycles. The lowest BCUT2D eigenvalue weighted by molar-refractivity contribution is -0.141. The molecular formula is C43H62N16O17S3. The molecule has 6 bridgehead atoms. The minimum Gasteiger partial charge on any atom is -0.480 e. The molecule has 36 heteroatoms. The number of hydrogen-bond acceptors (Lipinski definition) is 20. The van der Waals surface area contributed by atoms with E-state index in [4.69, 9.17) is 5.73 Å². The summed E-state index contributed by atoms with van der Waals surface area (Å²) in [6, 6.07) is -4.08. The fraction of sp³-hybridized carbons (Fsp3) is 0.628. The number of carbonyl (C=O) groups is 16. The van der Waals surface area contributed by atoms with Crippen molar-refractivity contribution in [3.63, 3.8) is 0 Å². The average Bonchev–Trinajstić information content (AvgIpc) is 3.00. The van der Waals surface area contributed by atoms with Gasteiger partial charge in [0.25, 0.3) is 0 Å². The fourth-order valence-corrected chi connectivity index (χ4v) is 11.5. The first kappa shape index (κ1) is 62.4. The van der Waals surface area contributed by atoms with Crippen molar-refractivity contribution in [2.24, 2.45) is 16.6 Å². The van der Waals surface area contributed by atoms with Crippen molar-refractivity contribution in [3.8, 4) is 0 Å². The van der Waals surface area contributed by atoms with Gasteiger partial charge < -0.3 is 89.3 Å². The second kappa shape index (κ2) is 29.5. The largest absolute Gasteiger partial charge is 0.480 e. The number of carbonyl (C=O) groups excluding carboxylic acids is 15. The molecule has 0 saturated carbocycles. The predicted molar refractivity (Wildman–Crippen MR) is 276 cm³/mol. The van der Waals surface area contributed by atoms with Gasteiger partial charge in [-0.25, -0.2) is 4.79 Å². The van der Waals surface area contributed by atoms with Crippen LogP contribution in [0.3, 0.4) is 0 Å². The quantitative estimate of drug-likeness (QED) is 0.108. The van der Waals surface area contributed by atoms with E-state index in [9.17, 15) is 81.8 Å². The van der Waals surface area contributed by atoms with E-state index in [1.165, 1.54) is 0 Å². The smallest absolute Gasteiger partial charge is 0.327 e. The Morgan fingerprint density at radius 3 is 1.01 bits per heavy atom. The molecule has 7 aliphatic heterocycles. The van der Waals surface area contributed by atoms with Crippen molar-refractivity contribution in [3.05, 3.63) is 0 Å². The molecular weight excluding hydrogens is 1110 g/mol. The molecule has 33 nitrogen and oxygen atoms in total. The summed E-state index contributed by atoms with van der Waals surface area (Å²) in [6.07, 6.45) is 0. The summed E-state index contributed by atoms with van der Waals surface area (Å²) in [5, 5.41) is 37.0. The van der Waals surface area contributed by atoms with Gasteiger partial charge in [0.05, 0.1) is 88.7 Å². The first-order chi connectivity index (χ1) is 37.5. The van der Waals surface area contributed by atoms with Gasteiger partial charge in [0.15, 0.2) is 0 Å². The second-order valence-electron chi connectivity index (χ2n) is 18.7. The van der Waals surface area contributed by atoms with Gasteiger partial charge >= 0.3 is 5.97 Å². The second-order valence-corrected chi connectivity index (χ2v) is 21.8. The van der Waals surface area contributed by atoms with Crippen LogP contribution in [0.5, 0.6) is 0 Å². The number of nitrogens with two attached hydrogens (primary N) is 1. The third-order valence-electron chi connectivity index (χ3n) is 12.7. The molecule has 2 spiro atoms. The summed E-state index contributed by atoms with van der Waals surface area (Å²) in [5.41, 5.74) is 4.32. The number of nitrogens with one attached hydrogen (secondary N) is 12. The molecule has 0 aliphatic carbocycles. The molecule has 0 aromatic heterocycles. The molecule has 79 heavy (non-hydrogen) atoms. The number of carboxylic acids is 1. The lowest BCUT2D eigenvalue weighted by Crippen LogP contribution is -2.53. The van der Waals surface area contributed by atoms with E-state index in [2.05, 4.69) is 63.8 Å². The van der Waals surface area contributed by atoms with Gasteiger partial charge in [-0.15, -0.1) is 35.3 Å². The van der Waals surface area contributed by atoms with Crippen LogP contribution in [0.15, 0.2) is 0 Å². The normalized spacial score (nSPS) is 27.9. The zero-order valence-electron chi connectivity index (χ0n) is 42.4. The Morgan fingerprint density at radius 2 is 0.671 bits per heavy atom.